The van der Waals surface area contributed by atoms with Crippen LogP contribution < -0.4 is 10.3 Å². The predicted molar refractivity (Wildman–Crippen MR) is 68.0 cm³/mol. The summed E-state index contributed by atoms with van der Waals surface area (Å²) in [4.78, 5) is 14.3. The largest absolute Gasteiger partial charge is 0.476 e. The molecule has 5 heteroatoms. The number of fused-ring (bicyclic) bond motifs is 1. The average molecular weight is 293 g/mol. The van der Waals surface area contributed by atoms with Gasteiger partial charge in [0.1, 0.15) is 11.8 Å². The highest BCUT2D eigenvalue weighted by Crippen LogP contribution is 2.24. The molecule has 0 fully saturated rings. The van der Waals surface area contributed by atoms with Crippen molar-refractivity contribution in [3.63, 3.8) is 0 Å². The maximum atomic E-state index is 11.6. The van der Waals surface area contributed by atoms with Gasteiger partial charge in [-0.1, -0.05) is 0 Å². The van der Waals surface area contributed by atoms with Gasteiger partial charge in [0.05, 0.1) is 5.39 Å². The zero-order chi connectivity index (χ0) is 12.4. The van der Waals surface area contributed by atoms with E-state index in [1.165, 1.54) is 0 Å². The van der Waals surface area contributed by atoms with Crippen molar-refractivity contribution in [2.24, 2.45) is 0 Å². The normalized spacial score (nSPS) is 12.1. The van der Waals surface area contributed by atoms with E-state index in [0.717, 1.165) is 9.86 Å². The summed E-state index contributed by atoms with van der Waals surface area (Å²) in [5, 5.41) is 10.00. The smallest absolute Gasteiger partial charge is 0.256 e. The van der Waals surface area contributed by atoms with E-state index < -0.39 is 6.10 Å². The number of ether oxygens (including phenoxy) is 1. The third kappa shape index (κ3) is 2.32. The Kier molecular flexibility index (Phi) is 3.16. The molecule has 1 atom stereocenters. The van der Waals surface area contributed by atoms with Gasteiger partial charge >= 0.3 is 0 Å². The quantitative estimate of drug-likeness (QED) is 0.925. The minimum atomic E-state index is -0.543. The summed E-state index contributed by atoms with van der Waals surface area (Å²) >= 11 is 3.36. The van der Waals surface area contributed by atoms with E-state index in [2.05, 4.69) is 20.9 Å². The minimum Gasteiger partial charge on any atom is -0.476 e. The molecule has 0 saturated carbocycles. The highest BCUT2D eigenvalue weighted by molar-refractivity contribution is 9.10. The molecular weight excluding hydrogens is 284 g/mol. The molecule has 0 aliphatic rings. The van der Waals surface area contributed by atoms with Crippen LogP contribution in [0.15, 0.2) is 33.7 Å². The van der Waals surface area contributed by atoms with E-state index in [1.807, 2.05) is 6.07 Å². The Bertz CT molecular complexity index is 658. The molecule has 0 saturated heterocycles. The summed E-state index contributed by atoms with van der Waals surface area (Å²) in [6.07, 6.45) is 1.06. The molecule has 1 unspecified atom stereocenters. The first-order valence-electron chi connectivity index (χ1n) is 4.99. The van der Waals surface area contributed by atoms with Crippen molar-refractivity contribution in [3.05, 3.63) is 39.2 Å². The summed E-state index contributed by atoms with van der Waals surface area (Å²) in [6, 6.07) is 7.12. The fraction of sp³-hybridized carbons (Fsp3) is 0.167. The van der Waals surface area contributed by atoms with Crippen LogP contribution >= 0.6 is 15.9 Å². The van der Waals surface area contributed by atoms with Crippen LogP contribution in [0.2, 0.25) is 0 Å². The second-order valence-electron chi connectivity index (χ2n) is 3.56. The number of nitriles is 1. The van der Waals surface area contributed by atoms with Crippen molar-refractivity contribution < 1.29 is 4.74 Å². The van der Waals surface area contributed by atoms with E-state index in [0.29, 0.717) is 11.1 Å². The van der Waals surface area contributed by atoms with E-state index >= 15 is 0 Å². The molecule has 0 aliphatic carbocycles. The van der Waals surface area contributed by atoms with Crippen molar-refractivity contribution in [3.8, 4) is 11.8 Å². The molecule has 0 bridgehead atoms. The Morgan fingerprint density at radius 3 is 2.94 bits per heavy atom. The standard InChI is InChI=1S/C12H9BrN2O2/c1-7(5-14)17-8-2-3-9-10(4-8)12(16)15-6-11(9)13/h2-4,6-7H,1H3,(H,15,16). The van der Waals surface area contributed by atoms with Gasteiger partial charge in [0, 0.05) is 16.1 Å². The lowest BCUT2D eigenvalue weighted by molar-refractivity contribution is 0.277. The third-order valence-corrected chi connectivity index (χ3v) is 2.97. The van der Waals surface area contributed by atoms with Crippen molar-refractivity contribution >= 4 is 26.7 Å². The highest BCUT2D eigenvalue weighted by atomic mass is 79.9. The highest BCUT2D eigenvalue weighted by Gasteiger charge is 2.06. The number of pyridine rings is 1. The van der Waals surface area contributed by atoms with Crippen LogP contribution in [-0.2, 0) is 0 Å². The van der Waals surface area contributed by atoms with Crippen LogP contribution in [0.25, 0.3) is 10.8 Å². The molecule has 86 valence electrons. The van der Waals surface area contributed by atoms with Crippen molar-refractivity contribution in [2.75, 3.05) is 0 Å². The topological polar surface area (TPSA) is 65.9 Å². The Labute approximate surface area is 106 Å². The molecule has 1 aromatic carbocycles. The Hall–Kier alpha value is -1.80. The summed E-state index contributed by atoms with van der Waals surface area (Å²) in [5.74, 6) is 0.509. The number of aromatic nitrogens is 1. The summed E-state index contributed by atoms with van der Waals surface area (Å²) in [6.45, 7) is 1.65. The number of nitrogens with zero attached hydrogens (tertiary/aromatic N) is 1. The Morgan fingerprint density at radius 1 is 1.47 bits per heavy atom. The lowest BCUT2D eigenvalue weighted by Gasteiger charge is -2.08. The monoisotopic (exact) mass is 292 g/mol. The summed E-state index contributed by atoms with van der Waals surface area (Å²) in [5.41, 5.74) is -0.182. The maximum Gasteiger partial charge on any atom is 0.256 e. The van der Waals surface area contributed by atoms with Gasteiger partial charge in [-0.2, -0.15) is 5.26 Å². The number of halogens is 1. The minimum absolute atomic E-state index is 0.182. The molecule has 1 N–H and O–H groups in total. The molecule has 0 aliphatic heterocycles. The number of nitrogens with one attached hydrogen (secondary N) is 1. The summed E-state index contributed by atoms with van der Waals surface area (Å²) in [7, 11) is 0. The van der Waals surface area contributed by atoms with Gasteiger partial charge in [0.25, 0.3) is 5.56 Å². The van der Waals surface area contributed by atoms with E-state index in [-0.39, 0.29) is 5.56 Å². The molecule has 2 rings (SSSR count). The second kappa shape index (κ2) is 4.60. The molecule has 4 nitrogen and oxygen atoms in total. The molecule has 1 aromatic heterocycles. The van der Waals surface area contributed by atoms with Crippen LogP contribution in [0.4, 0.5) is 0 Å². The third-order valence-electron chi connectivity index (χ3n) is 2.32. The van der Waals surface area contributed by atoms with Gasteiger partial charge in [-0.25, -0.2) is 0 Å². The number of rotatable bonds is 2. The zero-order valence-corrected chi connectivity index (χ0v) is 10.6. The number of hydrogen-bond donors (Lipinski definition) is 1. The Morgan fingerprint density at radius 2 is 2.24 bits per heavy atom. The molecule has 0 radical (unpaired) electrons. The van der Waals surface area contributed by atoms with E-state index in [9.17, 15) is 4.79 Å². The van der Waals surface area contributed by atoms with Gasteiger partial charge < -0.3 is 9.72 Å². The molecular formula is C12H9BrN2O2. The molecule has 17 heavy (non-hydrogen) atoms. The van der Waals surface area contributed by atoms with Crippen molar-refractivity contribution in [2.45, 2.75) is 13.0 Å². The van der Waals surface area contributed by atoms with Gasteiger partial charge in [0.15, 0.2) is 6.10 Å². The van der Waals surface area contributed by atoms with Crippen LogP contribution in [0.3, 0.4) is 0 Å². The fourth-order valence-corrected chi connectivity index (χ4v) is 1.97. The summed E-state index contributed by atoms with van der Waals surface area (Å²) < 4.78 is 6.15. The number of H-pyrrole nitrogens is 1. The lowest BCUT2D eigenvalue weighted by atomic mass is 10.1. The molecule has 1 heterocycles. The van der Waals surface area contributed by atoms with Crippen LogP contribution in [-0.4, -0.2) is 11.1 Å². The van der Waals surface area contributed by atoms with Gasteiger partial charge in [0.2, 0.25) is 0 Å². The Balaban J connectivity index is 2.55. The molecule has 0 spiro atoms. The van der Waals surface area contributed by atoms with Crippen molar-refractivity contribution in [1.82, 2.24) is 4.98 Å². The van der Waals surface area contributed by atoms with E-state index in [1.54, 1.807) is 31.3 Å². The van der Waals surface area contributed by atoms with Crippen LogP contribution in [0.1, 0.15) is 6.92 Å². The first-order chi connectivity index (χ1) is 8.11. The number of hydrogen-bond acceptors (Lipinski definition) is 3. The molecule has 2 aromatic rings. The van der Waals surface area contributed by atoms with Crippen molar-refractivity contribution in [1.29, 1.82) is 5.26 Å². The fourth-order valence-electron chi connectivity index (χ4n) is 1.51. The SMILES string of the molecule is CC(C#N)Oc1ccc2c(Br)c[nH]c(=O)c2c1. The van der Waals surface area contributed by atoms with Gasteiger partial charge in [-0.05, 0) is 41.1 Å². The lowest BCUT2D eigenvalue weighted by Crippen LogP contribution is -2.09. The van der Waals surface area contributed by atoms with Crippen LogP contribution in [0.5, 0.6) is 5.75 Å². The second-order valence-corrected chi connectivity index (χ2v) is 4.42. The van der Waals surface area contributed by atoms with E-state index in [4.69, 9.17) is 10.00 Å². The average Bonchev–Trinajstić information content (AvgIpc) is 2.34. The predicted octanol–water partition coefficient (Wildman–Crippen LogP) is 2.58. The first kappa shape index (κ1) is 11.7. The maximum absolute atomic E-state index is 11.6. The van der Waals surface area contributed by atoms with Gasteiger partial charge in [-0.3, -0.25) is 4.79 Å². The first-order valence-corrected chi connectivity index (χ1v) is 5.78. The molecule has 0 amide bonds. The van der Waals surface area contributed by atoms with Crippen LogP contribution in [0, 0.1) is 11.3 Å². The number of benzene rings is 1. The zero-order valence-electron chi connectivity index (χ0n) is 9.03. The number of aromatic amines is 1. The van der Waals surface area contributed by atoms with Gasteiger partial charge in [-0.15, -0.1) is 0 Å².